The Hall–Kier alpha value is -0.400. The summed E-state index contributed by atoms with van der Waals surface area (Å²) in [7, 11) is 1.66. The fourth-order valence-corrected chi connectivity index (χ4v) is 1.66. The molecular formula is C20H44O10. The van der Waals surface area contributed by atoms with Gasteiger partial charge < -0.3 is 48.5 Å². The predicted molar refractivity (Wildman–Crippen MR) is 112 cm³/mol. The molecule has 0 heterocycles. The zero-order chi connectivity index (χ0) is 22.9. The lowest BCUT2D eigenvalue weighted by molar-refractivity contribution is -0.0677. The Balaban J connectivity index is 0. The number of ether oxygens (including phenoxy) is 7. The summed E-state index contributed by atoms with van der Waals surface area (Å²) in [6.45, 7) is 10.6. The summed E-state index contributed by atoms with van der Waals surface area (Å²) in [5, 5.41) is 25.5. The lowest BCUT2D eigenvalue weighted by atomic mass is 10.4. The third-order valence-corrected chi connectivity index (χ3v) is 3.48. The molecule has 0 radical (unpaired) electrons. The second kappa shape index (κ2) is 26.6. The number of hydrogen-bond donors (Lipinski definition) is 3. The largest absolute Gasteiger partial charge is 0.394 e. The normalized spacial score (nSPS) is 14.1. The summed E-state index contributed by atoms with van der Waals surface area (Å²) >= 11 is 0. The first kappa shape index (κ1) is 31.8. The molecule has 3 N–H and O–H groups in total. The Morgan fingerprint density at radius 3 is 1.27 bits per heavy atom. The van der Waals surface area contributed by atoms with E-state index in [9.17, 15) is 0 Å². The van der Waals surface area contributed by atoms with E-state index in [0.717, 1.165) is 0 Å². The fraction of sp³-hybridized carbons (Fsp3) is 1.00. The molecule has 0 fully saturated rings. The minimum Gasteiger partial charge on any atom is -0.394 e. The van der Waals surface area contributed by atoms with Crippen molar-refractivity contribution in [2.45, 2.75) is 39.1 Å². The predicted octanol–water partition coefficient (Wildman–Crippen LogP) is -0.139. The van der Waals surface area contributed by atoms with Crippen LogP contribution in [0, 0.1) is 0 Å². The number of methoxy groups -OCH3 is 1. The lowest BCUT2D eigenvalue weighted by Crippen LogP contribution is -2.25. The first-order chi connectivity index (χ1) is 14.5. The quantitative estimate of drug-likeness (QED) is 0.206. The molecule has 3 unspecified atom stereocenters. The Morgan fingerprint density at radius 1 is 0.533 bits per heavy atom. The van der Waals surface area contributed by atoms with E-state index in [2.05, 4.69) is 0 Å². The maximum Gasteiger partial charge on any atom is 0.0781 e. The minimum absolute atomic E-state index is 0.0293. The van der Waals surface area contributed by atoms with Crippen molar-refractivity contribution in [2.24, 2.45) is 0 Å². The van der Waals surface area contributed by atoms with Gasteiger partial charge >= 0.3 is 0 Å². The second-order valence-electron chi connectivity index (χ2n) is 6.41. The maximum absolute atomic E-state index is 8.72. The standard InChI is InChI=1S/C10H22O6.C10H22O4/c11-1-3-13-5-7-15-9-10-16-8-6-14-4-2-12;1-8(5-11)13-7-10(3)14-6-9(2)12-4/h11-12H,1-10H2;8-11H,5-7H2,1-4H3. The van der Waals surface area contributed by atoms with Crippen LogP contribution in [-0.2, 0) is 33.2 Å². The molecule has 0 amide bonds. The number of hydrogen-bond acceptors (Lipinski definition) is 10. The highest BCUT2D eigenvalue weighted by Gasteiger charge is 2.08. The van der Waals surface area contributed by atoms with Gasteiger partial charge in [-0.15, -0.1) is 0 Å². The van der Waals surface area contributed by atoms with Gasteiger partial charge in [-0.25, -0.2) is 0 Å². The van der Waals surface area contributed by atoms with Crippen molar-refractivity contribution in [2.75, 3.05) is 93.0 Å². The highest BCUT2D eigenvalue weighted by atomic mass is 16.6. The van der Waals surface area contributed by atoms with E-state index < -0.39 is 0 Å². The maximum atomic E-state index is 8.72. The topological polar surface area (TPSA) is 125 Å². The van der Waals surface area contributed by atoms with Crippen molar-refractivity contribution in [1.82, 2.24) is 0 Å². The second-order valence-corrected chi connectivity index (χ2v) is 6.41. The van der Waals surface area contributed by atoms with E-state index in [1.807, 2.05) is 20.8 Å². The van der Waals surface area contributed by atoms with E-state index in [1.54, 1.807) is 7.11 Å². The van der Waals surface area contributed by atoms with Crippen LogP contribution < -0.4 is 0 Å². The van der Waals surface area contributed by atoms with Crippen LogP contribution in [0.1, 0.15) is 20.8 Å². The summed E-state index contributed by atoms with van der Waals surface area (Å²) in [5.41, 5.74) is 0. The molecular weight excluding hydrogens is 400 g/mol. The molecule has 0 aromatic heterocycles. The highest BCUT2D eigenvalue weighted by Crippen LogP contribution is 1.98. The van der Waals surface area contributed by atoms with Crippen molar-refractivity contribution in [3.05, 3.63) is 0 Å². The molecule has 0 bridgehead atoms. The van der Waals surface area contributed by atoms with Gasteiger partial charge in [0.2, 0.25) is 0 Å². The minimum atomic E-state index is -0.124. The third-order valence-electron chi connectivity index (χ3n) is 3.48. The van der Waals surface area contributed by atoms with Gasteiger partial charge in [-0.2, -0.15) is 0 Å². The van der Waals surface area contributed by atoms with Gasteiger partial charge in [0.1, 0.15) is 0 Å². The zero-order valence-electron chi connectivity index (χ0n) is 19.1. The van der Waals surface area contributed by atoms with Gasteiger partial charge in [0.05, 0.1) is 104 Å². The smallest absolute Gasteiger partial charge is 0.0781 e. The third kappa shape index (κ3) is 27.6. The molecule has 0 aliphatic carbocycles. The number of rotatable bonds is 21. The first-order valence-corrected chi connectivity index (χ1v) is 10.4. The number of aliphatic hydroxyl groups is 3. The molecule has 0 aromatic rings. The SMILES string of the molecule is COC(C)COC(C)COC(C)CO.OCCOCCOCCOCCOCCO. The van der Waals surface area contributed by atoms with Gasteiger partial charge in [-0.05, 0) is 20.8 Å². The lowest BCUT2D eigenvalue weighted by Gasteiger charge is -2.18. The molecule has 10 heteroatoms. The van der Waals surface area contributed by atoms with Crippen molar-refractivity contribution in [3.8, 4) is 0 Å². The molecule has 30 heavy (non-hydrogen) atoms. The molecule has 0 aliphatic rings. The summed E-state index contributed by atoms with van der Waals surface area (Å²) in [6, 6.07) is 0. The molecule has 0 saturated carbocycles. The van der Waals surface area contributed by atoms with Crippen LogP contribution in [0.3, 0.4) is 0 Å². The van der Waals surface area contributed by atoms with Crippen LogP contribution in [0.2, 0.25) is 0 Å². The van der Waals surface area contributed by atoms with Crippen LogP contribution in [0.4, 0.5) is 0 Å². The molecule has 0 aromatic carbocycles. The van der Waals surface area contributed by atoms with Crippen LogP contribution in [-0.4, -0.2) is 127 Å². The average molecular weight is 445 g/mol. The Labute approximate surface area is 181 Å². The van der Waals surface area contributed by atoms with Gasteiger partial charge in [-0.1, -0.05) is 0 Å². The van der Waals surface area contributed by atoms with Crippen LogP contribution in [0.25, 0.3) is 0 Å². The molecule has 0 spiro atoms. The monoisotopic (exact) mass is 444 g/mol. The summed E-state index contributed by atoms with van der Waals surface area (Å²) < 4.78 is 36.2. The summed E-state index contributed by atoms with van der Waals surface area (Å²) in [6.07, 6.45) is 0.00946. The molecule has 3 atom stereocenters. The van der Waals surface area contributed by atoms with Crippen LogP contribution in [0.15, 0.2) is 0 Å². The number of aliphatic hydroxyl groups excluding tert-OH is 3. The van der Waals surface area contributed by atoms with E-state index in [1.165, 1.54) is 0 Å². The first-order valence-electron chi connectivity index (χ1n) is 10.4. The van der Waals surface area contributed by atoms with E-state index in [0.29, 0.717) is 66.1 Å². The molecule has 184 valence electrons. The van der Waals surface area contributed by atoms with Gasteiger partial charge in [0.15, 0.2) is 0 Å². The van der Waals surface area contributed by atoms with Crippen molar-refractivity contribution < 1.29 is 48.5 Å². The molecule has 0 rings (SSSR count). The zero-order valence-corrected chi connectivity index (χ0v) is 19.1. The van der Waals surface area contributed by atoms with Crippen molar-refractivity contribution in [3.63, 3.8) is 0 Å². The van der Waals surface area contributed by atoms with Crippen molar-refractivity contribution >= 4 is 0 Å². The van der Waals surface area contributed by atoms with Gasteiger partial charge in [-0.3, -0.25) is 0 Å². The highest BCUT2D eigenvalue weighted by molar-refractivity contribution is 4.53. The van der Waals surface area contributed by atoms with Gasteiger partial charge in [0, 0.05) is 7.11 Å². The Kier molecular flexibility index (Phi) is 28.2. The summed E-state index contributed by atoms with van der Waals surface area (Å²) in [5.74, 6) is 0. The van der Waals surface area contributed by atoms with Crippen molar-refractivity contribution in [1.29, 1.82) is 0 Å². The Morgan fingerprint density at radius 2 is 0.900 bits per heavy atom. The molecule has 10 nitrogen and oxygen atoms in total. The van der Waals surface area contributed by atoms with Crippen LogP contribution in [0.5, 0.6) is 0 Å². The molecule has 0 saturated heterocycles. The van der Waals surface area contributed by atoms with E-state index in [4.69, 9.17) is 48.5 Å². The Bertz CT molecular complexity index is 281. The summed E-state index contributed by atoms with van der Waals surface area (Å²) in [4.78, 5) is 0. The average Bonchev–Trinajstić information content (AvgIpc) is 2.76. The van der Waals surface area contributed by atoms with Gasteiger partial charge in [0.25, 0.3) is 0 Å². The van der Waals surface area contributed by atoms with E-state index in [-0.39, 0.29) is 38.1 Å². The molecule has 0 aliphatic heterocycles. The fourth-order valence-electron chi connectivity index (χ4n) is 1.66. The van der Waals surface area contributed by atoms with E-state index >= 15 is 0 Å². The van der Waals surface area contributed by atoms with Crippen LogP contribution >= 0.6 is 0 Å².